The summed E-state index contributed by atoms with van der Waals surface area (Å²) < 4.78 is 11.2. The van der Waals surface area contributed by atoms with Crippen molar-refractivity contribution in [3.05, 3.63) is 59.7 Å². The number of carbonyl (C=O) groups excluding carboxylic acids is 2. The number of carboxylic acid groups (broad SMARTS) is 1. The molecule has 35 heavy (non-hydrogen) atoms. The summed E-state index contributed by atoms with van der Waals surface area (Å²) in [7, 11) is 0. The van der Waals surface area contributed by atoms with Gasteiger partial charge in [0.15, 0.2) is 0 Å². The lowest BCUT2D eigenvalue weighted by Crippen LogP contribution is -2.61. The zero-order valence-corrected chi connectivity index (χ0v) is 19.3. The van der Waals surface area contributed by atoms with Gasteiger partial charge in [0.05, 0.1) is 12.5 Å². The molecule has 4 atom stereocenters. The molecule has 1 aliphatic carbocycles. The summed E-state index contributed by atoms with van der Waals surface area (Å²) in [6.07, 6.45) is 1.61. The minimum absolute atomic E-state index is 0.0592. The van der Waals surface area contributed by atoms with Gasteiger partial charge in [0.1, 0.15) is 12.1 Å². The second kappa shape index (κ2) is 8.37. The number of aliphatic carboxylic acids is 1. The van der Waals surface area contributed by atoms with Gasteiger partial charge in [0.2, 0.25) is 0 Å². The molecule has 2 amide bonds. The second-order valence-electron chi connectivity index (χ2n) is 10.0. The van der Waals surface area contributed by atoms with Gasteiger partial charge in [-0.05, 0) is 41.5 Å². The van der Waals surface area contributed by atoms with Crippen molar-refractivity contribution in [3.63, 3.8) is 0 Å². The number of ether oxygens (including phenoxy) is 2. The van der Waals surface area contributed by atoms with Gasteiger partial charge in [-0.15, -0.1) is 0 Å². The van der Waals surface area contributed by atoms with Crippen LogP contribution in [0.4, 0.5) is 4.79 Å². The Kier molecular flexibility index (Phi) is 5.29. The summed E-state index contributed by atoms with van der Waals surface area (Å²) in [5, 5.41) is 12.4. The Bertz CT molecular complexity index is 1140. The summed E-state index contributed by atoms with van der Waals surface area (Å²) in [4.78, 5) is 40.1. The topological polar surface area (TPSA) is 105 Å². The first-order valence-electron chi connectivity index (χ1n) is 12.2. The van der Waals surface area contributed by atoms with Gasteiger partial charge >= 0.3 is 12.1 Å². The molecule has 0 spiro atoms. The average Bonchev–Trinajstić information content (AvgIpc) is 3.64. The molecule has 0 saturated carbocycles. The van der Waals surface area contributed by atoms with Crippen LogP contribution >= 0.6 is 0 Å². The van der Waals surface area contributed by atoms with E-state index >= 15 is 0 Å². The molecule has 6 rings (SSSR count). The highest BCUT2D eigenvalue weighted by Gasteiger charge is 2.57. The van der Waals surface area contributed by atoms with Crippen molar-refractivity contribution in [1.82, 2.24) is 10.2 Å². The Morgan fingerprint density at radius 1 is 1.06 bits per heavy atom. The van der Waals surface area contributed by atoms with Crippen molar-refractivity contribution in [1.29, 1.82) is 0 Å². The predicted molar refractivity (Wildman–Crippen MR) is 126 cm³/mol. The molecule has 3 heterocycles. The molecule has 3 aliphatic heterocycles. The lowest BCUT2D eigenvalue weighted by atomic mass is 9.89. The van der Waals surface area contributed by atoms with E-state index in [0.29, 0.717) is 25.9 Å². The number of benzene rings is 2. The Morgan fingerprint density at radius 3 is 2.34 bits per heavy atom. The number of fused-ring (bicyclic) bond motifs is 5. The average molecular weight is 477 g/mol. The van der Waals surface area contributed by atoms with Crippen LogP contribution in [0.1, 0.15) is 42.7 Å². The maximum atomic E-state index is 13.7. The van der Waals surface area contributed by atoms with Crippen LogP contribution in [-0.2, 0) is 19.1 Å². The summed E-state index contributed by atoms with van der Waals surface area (Å²) in [5.74, 6) is -1.74. The van der Waals surface area contributed by atoms with Crippen molar-refractivity contribution in [2.24, 2.45) is 5.92 Å². The number of alkyl carbamates (subject to hydrolysis) is 1. The molecule has 3 saturated heterocycles. The van der Waals surface area contributed by atoms with Gasteiger partial charge in [-0.25, -0.2) is 4.79 Å². The summed E-state index contributed by atoms with van der Waals surface area (Å²) in [6.45, 7) is 0.561. The number of nitrogens with zero attached hydrogens (tertiary/aromatic N) is 1. The number of carboxylic acids is 1. The molecule has 0 radical (unpaired) electrons. The first kappa shape index (κ1) is 22.1. The highest BCUT2D eigenvalue weighted by molar-refractivity contribution is 5.92. The van der Waals surface area contributed by atoms with E-state index in [1.54, 1.807) is 4.90 Å². The molecule has 8 nitrogen and oxygen atoms in total. The van der Waals surface area contributed by atoms with Crippen LogP contribution in [0.3, 0.4) is 0 Å². The van der Waals surface area contributed by atoms with Crippen LogP contribution in [0, 0.1) is 5.92 Å². The lowest BCUT2D eigenvalue weighted by molar-refractivity contribution is -0.144. The number of rotatable bonds is 5. The van der Waals surface area contributed by atoms with Gasteiger partial charge in [-0.2, -0.15) is 0 Å². The van der Waals surface area contributed by atoms with Crippen LogP contribution in [0.5, 0.6) is 0 Å². The molecule has 2 bridgehead atoms. The van der Waals surface area contributed by atoms with Crippen molar-refractivity contribution < 1.29 is 29.0 Å². The van der Waals surface area contributed by atoms with Crippen LogP contribution < -0.4 is 5.32 Å². The van der Waals surface area contributed by atoms with E-state index in [1.165, 1.54) is 0 Å². The quantitative estimate of drug-likeness (QED) is 0.687. The predicted octanol–water partition coefficient (Wildman–Crippen LogP) is 3.15. The van der Waals surface area contributed by atoms with E-state index in [4.69, 9.17) is 9.47 Å². The fraction of sp³-hybridized carbons (Fsp3) is 0.444. The molecular weight excluding hydrogens is 448 g/mol. The molecule has 2 aromatic carbocycles. The zero-order chi connectivity index (χ0) is 24.2. The Balaban J connectivity index is 1.18. The minimum Gasteiger partial charge on any atom is -0.481 e. The van der Waals surface area contributed by atoms with Crippen LogP contribution in [0.2, 0.25) is 0 Å². The van der Waals surface area contributed by atoms with E-state index in [-0.39, 0.29) is 37.1 Å². The minimum atomic E-state index is -1.23. The third kappa shape index (κ3) is 3.50. The molecule has 2 N–H and O–H groups in total. The standard InChI is InChI=1S/C27H28N2O6/c30-24(31)21-13-16-9-10-23(21)29(16)25(32)27(11-12-34-15-27)28-26(33)35-14-22-19-7-3-1-5-17(19)18-6-2-4-8-20(18)22/h1-8,16,21-23H,9-15H2,(H,28,33)(H,30,31). The smallest absolute Gasteiger partial charge is 0.408 e. The van der Waals surface area contributed by atoms with Crippen LogP contribution in [0.15, 0.2) is 48.5 Å². The van der Waals surface area contributed by atoms with Crippen molar-refractivity contribution in [2.45, 2.75) is 49.2 Å². The van der Waals surface area contributed by atoms with Crippen molar-refractivity contribution >= 4 is 18.0 Å². The molecule has 3 fully saturated rings. The number of hydrogen-bond acceptors (Lipinski definition) is 5. The van der Waals surface area contributed by atoms with E-state index in [2.05, 4.69) is 29.6 Å². The monoisotopic (exact) mass is 476 g/mol. The fourth-order valence-electron chi connectivity index (χ4n) is 6.53. The molecule has 2 aromatic rings. The maximum Gasteiger partial charge on any atom is 0.408 e. The number of carbonyl (C=O) groups is 3. The van der Waals surface area contributed by atoms with Gasteiger partial charge < -0.3 is 24.8 Å². The van der Waals surface area contributed by atoms with Gasteiger partial charge in [-0.1, -0.05) is 48.5 Å². The number of hydrogen-bond donors (Lipinski definition) is 2. The second-order valence-corrected chi connectivity index (χ2v) is 10.0. The number of amides is 2. The first-order chi connectivity index (χ1) is 17.0. The molecule has 8 heteroatoms. The van der Waals surface area contributed by atoms with E-state index in [0.717, 1.165) is 28.7 Å². The van der Waals surface area contributed by atoms with Crippen molar-refractivity contribution in [2.75, 3.05) is 19.8 Å². The Morgan fingerprint density at radius 2 is 1.74 bits per heavy atom. The van der Waals surface area contributed by atoms with Crippen LogP contribution in [-0.4, -0.2) is 65.4 Å². The maximum absolute atomic E-state index is 13.7. The molecule has 182 valence electrons. The lowest BCUT2D eigenvalue weighted by Gasteiger charge is -2.34. The van der Waals surface area contributed by atoms with Crippen molar-refractivity contribution in [3.8, 4) is 11.1 Å². The SMILES string of the molecule is O=C(NC1(C(=O)N2C3CCC2C(C(=O)O)C3)CCOC1)OCC1c2ccccc2-c2ccccc21. The summed E-state index contributed by atoms with van der Waals surface area (Å²) in [5.41, 5.74) is 3.29. The largest absolute Gasteiger partial charge is 0.481 e. The van der Waals surface area contributed by atoms with E-state index in [1.807, 2.05) is 24.3 Å². The normalized spacial score (nSPS) is 28.6. The number of nitrogens with one attached hydrogen (secondary N) is 1. The van der Waals surface area contributed by atoms with Gasteiger partial charge in [-0.3, -0.25) is 9.59 Å². The first-order valence-corrected chi connectivity index (χ1v) is 12.2. The summed E-state index contributed by atoms with van der Waals surface area (Å²) >= 11 is 0. The summed E-state index contributed by atoms with van der Waals surface area (Å²) in [6, 6.07) is 15.8. The van der Waals surface area contributed by atoms with Gasteiger partial charge in [0.25, 0.3) is 5.91 Å². The highest BCUT2D eigenvalue weighted by Crippen LogP contribution is 2.45. The third-order valence-electron chi connectivity index (χ3n) is 8.20. The highest BCUT2D eigenvalue weighted by atomic mass is 16.6. The Hall–Kier alpha value is -3.39. The third-order valence-corrected chi connectivity index (χ3v) is 8.20. The van der Waals surface area contributed by atoms with Gasteiger partial charge in [0, 0.05) is 31.0 Å². The zero-order valence-electron chi connectivity index (χ0n) is 19.3. The Labute approximate surface area is 203 Å². The molecule has 4 unspecified atom stereocenters. The molecule has 4 aliphatic rings. The fourth-order valence-corrected chi connectivity index (χ4v) is 6.53. The molecular formula is C27H28N2O6. The molecule has 0 aromatic heterocycles. The van der Waals surface area contributed by atoms with E-state index in [9.17, 15) is 19.5 Å². The van der Waals surface area contributed by atoms with E-state index < -0.39 is 23.5 Å². The van der Waals surface area contributed by atoms with Crippen LogP contribution in [0.25, 0.3) is 11.1 Å².